The number of nitrogens with two attached hydrogens (primary N) is 1. The molecule has 2 aromatic heterocycles. The van der Waals surface area contributed by atoms with E-state index in [1.165, 1.54) is 12.1 Å². The van der Waals surface area contributed by atoms with E-state index in [-0.39, 0.29) is 10.8 Å². The predicted octanol–water partition coefficient (Wildman–Crippen LogP) is 0.940. The second-order valence-corrected chi connectivity index (χ2v) is 5.22. The Hall–Kier alpha value is -2.19. The minimum Gasteiger partial charge on any atom is -0.368 e. The van der Waals surface area contributed by atoms with Gasteiger partial charge in [-0.15, -0.1) is 0 Å². The van der Waals surface area contributed by atoms with Crippen molar-refractivity contribution in [1.82, 2.24) is 15.0 Å². The number of nitrogens with zero attached hydrogens (tertiary/aromatic N) is 2. The van der Waals surface area contributed by atoms with Crippen molar-refractivity contribution in [3.8, 4) is 0 Å². The SMILES string of the molecule is Nc1ncc2c(n1)[nH]c1cc(S(=O)(=O)O)ccc12. The number of nitrogen functional groups attached to an aromatic ring is 1. The summed E-state index contributed by atoms with van der Waals surface area (Å²) in [6.07, 6.45) is 1.56. The number of anilines is 1. The molecule has 0 fully saturated rings. The van der Waals surface area contributed by atoms with Crippen molar-refractivity contribution in [2.75, 3.05) is 5.73 Å². The van der Waals surface area contributed by atoms with Crippen molar-refractivity contribution in [2.45, 2.75) is 4.90 Å². The van der Waals surface area contributed by atoms with Crippen molar-refractivity contribution in [1.29, 1.82) is 0 Å². The maximum atomic E-state index is 11.0. The van der Waals surface area contributed by atoms with Crippen LogP contribution in [0.25, 0.3) is 21.9 Å². The summed E-state index contributed by atoms with van der Waals surface area (Å²) in [4.78, 5) is 10.6. The molecule has 3 aromatic rings. The molecule has 0 aliphatic rings. The molecule has 92 valence electrons. The van der Waals surface area contributed by atoms with Gasteiger partial charge in [-0.25, -0.2) is 4.98 Å². The fourth-order valence-electron chi connectivity index (χ4n) is 1.84. The molecule has 0 spiro atoms. The predicted molar refractivity (Wildman–Crippen MR) is 65.6 cm³/mol. The Balaban J connectivity index is 2.40. The van der Waals surface area contributed by atoms with E-state index in [4.69, 9.17) is 10.3 Å². The van der Waals surface area contributed by atoms with Crippen molar-refractivity contribution >= 4 is 38.0 Å². The minimum absolute atomic E-state index is 0.129. The van der Waals surface area contributed by atoms with Gasteiger partial charge in [-0.3, -0.25) is 4.55 Å². The third-order valence-electron chi connectivity index (χ3n) is 2.64. The molecule has 7 nitrogen and oxygen atoms in total. The molecule has 0 aliphatic heterocycles. The zero-order valence-electron chi connectivity index (χ0n) is 8.95. The molecule has 2 heterocycles. The topological polar surface area (TPSA) is 122 Å². The smallest absolute Gasteiger partial charge is 0.294 e. The van der Waals surface area contributed by atoms with E-state index in [2.05, 4.69) is 15.0 Å². The first-order valence-corrected chi connectivity index (χ1v) is 6.40. The number of rotatable bonds is 1. The van der Waals surface area contributed by atoms with Gasteiger partial charge in [0.1, 0.15) is 5.65 Å². The zero-order chi connectivity index (χ0) is 12.9. The lowest BCUT2D eigenvalue weighted by atomic mass is 10.2. The minimum atomic E-state index is -4.22. The van der Waals surface area contributed by atoms with E-state index in [9.17, 15) is 8.42 Å². The summed E-state index contributed by atoms with van der Waals surface area (Å²) in [6.45, 7) is 0. The van der Waals surface area contributed by atoms with E-state index < -0.39 is 10.1 Å². The molecule has 0 saturated carbocycles. The summed E-state index contributed by atoms with van der Waals surface area (Å²) in [7, 11) is -4.22. The Kier molecular flexibility index (Phi) is 2.07. The van der Waals surface area contributed by atoms with Crippen molar-refractivity contribution < 1.29 is 13.0 Å². The second-order valence-electron chi connectivity index (χ2n) is 3.80. The van der Waals surface area contributed by atoms with E-state index in [1.54, 1.807) is 12.3 Å². The van der Waals surface area contributed by atoms with Crippen molar-refractivity contribution in [3.05, 3.63) is 24.4 Å². The molecule has 0 radical (unpaired) electrons. The molecule has 0 aliphatic carbocycles. The number of nitrogens with one attached hydrogen (secondary N) is 1. The molecule has 18 heavy (non-hydrogen) atoms. The molecule has 0 saturated heterocycles. The lowest BCUT2D eigenvalue weighted by Crippen LogP contribution is -1.97. The lowest BCUT2D eigenvalue weighted by molar-refractivity contribution is 0.483. The number of H-pyrrole nitrogens is 1. The number of hydrogen-bond acceptors (Lipinski definition) is 5. The van der Waals surface area contributed by atoms with Gasteiger partial charge < -0.3 is 10.7 Å². The third kappa shape index (κ3) is 1.59. The van der Waals surface area contributed by atoms with Gasteiger partial charge in [0.2, 0.25) is 5.95 Å². The second kappa shape index (κ2) is 3.40. The van der Waals surface area contributed by atoms with Gasteiger partial charge in [0.05, 0.1) is 4.90 Å². The Morgan fingerprint density at radius 1 is 1.28 bits per heavy atom. The van der Waals surface area contributed by atoms with Gasteiger partial charge in [-0.2, -0.15) is 13.4 Å². The maximum absolute atomic E-state index is 11.0. The average Bonchev–Trinajstić information content (AvgIpc) is 2.63. The Morgan fingerprint density at radius 2 is 2.06 bits per heavy atom. The molecule has 0 bridgehead atoms. The van der Waals surface area contributed by atoms with E-state index >= 15 is 0 Å². The monoisotopic (exact) mass is 264 g/mol. The van der Waals surface area contributed by atoms with Gasteiger partial charge in [0.15, 0.2) is 0 Å². The van der Waals surface area contributed by atoms with Crippen LogP contribution in [0, 0.1) is 0 Å². The summed E-state index contributed by atoms with van der Waals surface area (Å²) >= 11 is 0. The summed E-state index contributed by atoms with van der Waals surface area (Å²) < 4.78 is 31.1. The van der Waals surface area contributed by atoms with Crippen LogP contribution in [0.4, 0.5) is 5.95 Å². The summed E-state index contributed by atoms with van der Waals surface area (Å²) in [5.74, 6) is 0.129. The zero-order valence-corrected chi connectivity index (χ0v) is 9.77. The molecule has 1 aromatic carbocycles. The van der Waals surface area contributed by atoms with Crippen molar-refractivity contribution in [2.24, 2.45) is 0 Å². The van der Waals surface area contributed by atoms with Crippen LogP contribution in [0.1, 0.15) is 0 Å². The molecule has 4 N–H and O–H groups in total. The van der Waals surface area contributed by atoms with Crippen LogP contribution in [0.3, 0.4) is 0 Å². The molecule has 8 heteroatoms. The normalized spacial score (nSPS) is 12.3. The first-order valence-electron chi connectivity index (χ1n) is 4.96. The summed E-state index contributed by atoms with van der Waals surface area (Å²) in [6, 6.07) is 4.24. The lowest BCUT2D eigenvalue weighted by Gasteiger charge is -1.96. The number of aromatic amines is 1. The van der Waals surface area contributed by atoms with Gasteiger partial charge in [-0.05, 0) is 12.1 Å². The van der Waals surface area contributed by atoms with Gasteiger partial charge in [-0.1, -0.05) is 6.07 Å². The highest BCUT2D eigenvalue weighted by atomic mass is 32.2. The van der Waals surface area contributed by atoms with E-state index in [1.807, 2.05) is 0 Å². The van der Waals surface area contributed by atoms with Crippen LogP contribution in [0.15, 0.2) is 29.3 Å². The quantitative estimate of drug-likeness (QED) is 0.562. The van der Waals surface area contributed by atoms with Crippen LogP contribution in [-0.2, 0) is 10.1 Å². The molecule has 0 atom stereocenters. The van der Waals surface area contributed by atoms with E-state index in [0.717, 1.165) is 10.8 Å². The van der Waals surface area contributed by atoms with Gasteiger partial charge >= 0.3 is 0 Å². The summed E-state index contributed by atoms with van der Waals surface area (Å²) in [5.41, 5.74) is 6.53. The Morgan fingerprint density at radius 3 is 2.78 bits per heavy atom. The van der Waals surface area contributed by atoms with Crippen LogP contribution in [0.5, 0.6) is 0 Å². The number of hydrogen-bond donors (Lipinski definition) is 3. The van der Waals surface area contributed by atoms with Gasteiger partial charge in [0.25, 0.3) is 10.1 Å². The van der Waals surface area contributed by atoms with Crippen molar-refractivity contribution in [3.63, 3.8) is 0 Å². The molecule has 0 unspecified atom stereocenters. The van der Waals surface area contributed by atoms with E-state index in [0.29, 0.717) is 11.2 Å². The first kappa shape index (κ1) is 10.9. The summed E-state index contributed by atoms with van der Waals surface area (Å²) in [5, 5.41) is 1.50. The number of aromatic nitrogens is 3. The molecule has 3 rings (SSSR count). The fourth-order valence-corrected chi connectivity index (χ4v) is 2.34. The van der Waals surface area contributed by atoms with Gasteiger partial charge in [0, 0.05) is 22.5 Å². The number of benzene rings is 1. The molecular formula is C10H8N4O3S. The van der Waals surface area contributed by atoms with Crippen LogP contribution in [-0.4, -0.2) is 27.9 Å². The van der Waals surface area contributed by atoms with Crippen LogP contribution in [0.2, 0.25) is 0 Å². The number of fused-ring (bicyclic) bond motifs is 3. The Labute approximate surface area is 101 Å². The van der Waals surface area contributed by atoms with Crippen LogP contribution < -0.4 is 5.73 Å². The highest BCUT2D eigenvalue weighted by Crippen LogP contribution is 2.26. The maximum Gasteiger partial charge on any atom is 0.294 e. The molecular weight excluding hydrogens is 256 g/mol. The first-order chi connectivity index (χ1) is 8.45. The third-order valence-corrected chi connectivity index (χ3v) is 3.49. The standard InChI is InChI=1S/C10H8N4O3S/c11-10-12-4-7-6-2-1-5(18(15,16)17)3-8(6)13-9(7)14-10/h1-4H,(H,15,16,17)(H3,11,12,13,14). The highest BCUT2D eigenvalue weighted by molar-refractivity contribution is 7.85. The fraction of sp³-hybridized carbons (Fsp3) is 0. The highest BCUT2D eigenvalue weighted by Gasteiger charge is 2.12. The van der Waals surface area contributed by atoms with Crippen LogP contribution >= 0.6 is 0 Å². The average molecular weight is 264 g/mol. The largest absolute Gasteiger partial charge is 0.368 e. The molecule has 0 amide bonds. The Bertz CT molecular complexity index is 869.